The molecular formula is C7H11F3O4S. The zero-order valence-corrected chi connectivity index (χ0v) is 8.89. The summed E-state index contributed by atoms with van der Waals surface area (Å²) in [6.07, 6.45) is 0.0340. The molecule has 0 heterocycles. The first kappa shape index (κ1) is 14.2. The third kappa shape index (κ3) is 2.83. The van der Waals surface area contributed by atoms with E-state index in [4.69, 9.17) is 5.11 Å². The van der Waals surface area contributed by atoms with Crippen molar-refractivity contribution in [3.8, 4) is 0 Å². The van der Waals surface area contributed by atoms with E-state index in [2.05, 4.69) is 0 Å². The van der Waals surface area contributed by atoms with Crippen molar-refractivity contribution < 1.29 is 31.5 Å². The monoisotopic (exact) mass is 248 g/mol. The van der Waals surface area contributed by atoms with Crippen molar-refractivity contribution in [3.05, 3.63) is 0 Å². The Morgan fingerprint density at radius 1 is 1.40 bits per heavy atom. The van der Waals surface area contributed by atoms with Gasteiger partial charge in [-0.3, -0.25) is 4.79 Å². The first-order chi connectivity index (χ1) is 6.55. The second-order valence-corrected chi connectivity index (χ2v) is 5.20. The summed E-state index contributed by atoms with van der Waals surface area (Å²) in [6, 6.07) is 0. The van der Waals surface area contributed by atoms with Gasteiger partial charge in [0.05, 0.1) is 0 Å². The van der Waals surface area contributed by atoms with Crippen LogP contribution in [0.15, 0.2) is 0 Å². The quantitative estimate of drug-likeness (QED) is 0.816. The lowest BCUT2D eigenvalue weighted by Crippen LogP contribution is -2.43. The van der Waals surface area contributed by atoms with Crippen LogP contribution in [0, 0.1) is 5.92 Å². The van der Waals surface area contributed by atoms with E-state index in [1.807, 2.05) is 0 Å². The standard InChI is InChI=1S/C7H11F3O4S/c1-3-4(2)5(6(11)12)15(13,14)7(8,9)10/h4-5H,3H2,1-2H3,(H,11,12)/t4-,5?/m0/s1. The average molecular weight is 248 g/mol. The minimum absolute atomic E-state index is 0.0340. The van der Waals surface area contributed by atoms with Crippen LogP contribution in [-0.2, 0) is 14.6 Å². The van der Waals surface area contributed by atoms with Crippen LogP contribution < -0.4 is 0 Å². The Morgan fingerprint density at radius 2 is 1.80 bits per heavy atom. The van der Waals surface area contributed by atoms with Gasteiger partial charge in [-0.2, -0.15) is 13.2 Å². The zero-order valence-electron chi connectivity index (χ0n) is 8.08. The number of halogens is 3. The minimum atomic E-state index is -5.65. The van der Waals surface area contributed by atoms with E-state index in [1.165, 1.54) is 6.92 Å². The highest BCUT2D eigenvalue weighted by molar-refractivity contribution is 7.93. The predicted molar refractivity (Wildman–Crippen MR) is 45.9 cm³/mol. The molecule has 2 atom stereocenters. The largest absolute Gasteiger partial charge is 0.498 e. The van der Waals surface area contributed by atoms with Gasteiger partial charge in [0, 0.05) is 0 Å². The number of carbonyl (C=O) groups is 1. The molecule has 0 rings (SSSR count). The van der Waals surface area contributed by atoms with Crippen LogP contribution in [0.3, 0.4) is 0 Å². The third-order valence-corrected chi connectivity index (χ3v) is 4.04. The second-order valence-electron chi connectivity index (χ2n) is 3.14. The molecule has 0 aromatic heterocycles. The highest BCUT2D eigenvalue weighted by atomic mass is 32.2. The number of aliphatic carboxylic acids is 1. The molecule has 0 radical (unpaired) electrons. The van der Waals surface area contributed by atoms with E-state index in [0.29, 0.717) is 0 Å². The molecule has 0 aliphatic rings. The summed E-state index contributed by atoms with van der Waals surface area (Å²) in [5.74, 6) is -3.06. The molecule has 8 heteroatoms. The highest BCUT2D eigenvalue weighted by Gasteiger charge is 2.54. The van der Waals surface area contributed by atoms with E-state index < -0.39 is 32.5 Å². The SMILES string of the molecule is CC[C@H](C)C(C(=O)O)S(=O)(=O)C(F)(F)F. The topological polar surface area (TPSA) is 71.4 Å². The molecule has 0 amide bonds. The molecular weight excluding hydrogens is 237 g/mol. The number of hydrogen-bond donors (Lipinski definition) is 1. The average Bonchev–Trinajstić information content (AvgIpc) is 2.00. The summed E-state index contributed by atoms with van der Waals surface area (Å²) < 4.78 is 58.0. The number of sulfone groups is 1. The molecule has 0 fully saturated rings. The molecule has 90 valence electrons. The minimum Gasteiger partial charge on any atom is -0.480 e. The number of hydrogen-bond acceptors (Lipinski definition) is 3. The molecule has 0 spiro atoms. The Hall–Kier alpha value is -0.790. The maximum atomic E-state index is 12.1. The van der Waals surface area contributed by atoms with Crippen LogP contribution in [0.1, 0.15) is 20.3 Å². The Kier molecular flexibility index (Phi) is 4.15. The van der Waals surface area contributed by atoms with Crippen LogP contribution in [-0.4, -0.2) is 30.3 Å². The number of carboxylic acids is 1. The van der Waals surface area contributed by atoms with Gasteiger partial charge in [0.2, 0.25) is 0 Å². The maximum Gasteiger partial charge on any atom is 0.498 e. The fraction of sp³-hybridized carbons (Fsp3) is 0.857. The van der Waals surface area contributed by atoms with Gasteiger partial charge in [0.25, 0.3) is 9.84 Å². The van der Waals surface area contributed by atoms with Gasteiger partial charge in [0.1, 0.15) is 0 Å². The van der Waals surface area contributed by atoms with Crippen molar-refractivity contribution in [2.45, 2.75) is 31.0 Å². The molecule has 0 aromatic carbocycles. The summed E-state index contributed by atoms with van der Waals surface area (Å²) in [6.45, 7) is 2.58. The van der Waals surface area contributed by atoms with Crippen molar-refractivity contribution in [2.75, 3.05) is 0 Å². The van der Waals surface area contributed by atoms with Gasteiger partial charge in [-0.15, -0.1) is 0 Å². The molecule has 0 aliphatic heterocycles. The van der Waals surface area contributed by atoms with Crippen molar-refractivity contribution in [1.29, 1.82) is 0 Å². The molecule has 1 N–H and O–H groups in total. The maximum absolute atomic E-state index is 12.1. The summed E-state index contributed by atoms with van der Waals surface area (Å²) >= 11 is 0. The molecule has 0 saturated heterocycles. The van der Waals surface area contributed by atoms with Crippen LogP contribution in [0.2, 0.25) is 0 Å². The molecule has 0 bridgehead atoms. The van der Waals surface area contributed by atoms with Gasteiger partial charge >= 0.3 is 11.5 Å². The van der Waals surface area contributed by atoms with Crippen molar-refractivity contribution in [3.63, 3.8) is 0 Å². The highest BCUT2D eigenvalue weighted by Crippen LogP contribution is 2.31. The molecule has 0 aliphatic carbocycles. The number of alkyl halides is 3. The number of rotatable bonds is 4. The molecule has 0 aromatic rings. The summed E-state index contributed by atoms with van der Waals surface area (Å²) in [4.78, 5) is 10.5. The van der Waals surface area contributed by atoms with E-state index in [0.717, 1.165) is 6.92 Å². The molecule has 1 unspecified atom stereocenters. The van der Waals surface area contributed by atoms with Crippen molar-refractivity contribution in [1.82, 2.24) is 0 Å². The normalized spacial score (nSPS) is 17.1. The Bertz CT molecular complexity index is 333. The van der Waals surface area contributed by atoms with Crippen LogP contribution in [0.4, 0.5) is 13.2 Å². The first-order valence-electron chi connectivity index (χ1n) is 4.08. The van der Waals surface area contributed by atoms with E-state index >= 15 is 0 Å². The van der Waals surface area contributed by atoms with Crippen LogP contribution in [0.5, 0.6) is 0 Å². The second kappa shape index (κ2) is 4.38. The van der Waals surface area contributed by atoms with E-state index in [9.17, 15) is 26.4 Å². The van der Waals surface area contributed by atoms with Crippen molar-refractivity contribution in [2.24, 2.45) is 5.92 Å². The predicted octanol–water partition coefficient (Wildman–Crippen LogP) is 1.42. The van der Waals surface area contributed by atoms with E-state index in [1.54, 1.807) is 0 Å². The van der Waals surface area contributed by atoms with Gasteiger partial charge in [-0.05, 0) is 5.92 Å². The lowest BCUT2D eigenvalue weighted by Gasteiger charge is -2.20. The third-order valence-electron chi connectivity index (χ3n) is 2.06. The fourth-order valence-electron chi connectivity index (χ4n) is 1.04. The molecule has 0 saturated carbocycles. The van der Waals surface area contributed by atoms with E-state index in [-0.39, 0.29) is 6.42 Å². The smallest absolute Gasteiger partial charge is 0.480 e. The van der Waals surface area contributed by atoms with Gasteiger partial charge in [0.15, 0.2) is 5.25 Å². The lowest BCUT2D eigenvalue weighted by molar-refractivity contribution is -0.138. The Balaban J connectivity index is 5.39. The summed E-state index contributed by atoms with van der Waals surface area (Å²) in [5, 5.41) is 6.07. The summed E-state index contributed by atoms with van der Waals surface area (Å²) in [5.41, 5.74) is -5.53. The number of carboxylic acid groups (broad SMARTS) is 1. The van der Waals surface area contributed by atoms with Gasteiger partial charge < -0.3 is 5.11 Å². The Morgan fingerprint density at radius 3 is 2.00 bits per heavy atom. The van der Waals surface area contributed by atoms with Crippen LogP contribution in [0.25, 0.3) is 0 Å². The molecule has 15 heavy (non-hydrogen) atoms. The molecule has 4 nitrogen and oxygen atoms in total. The van der Waals surface area contributed by atoms with Crippen LogP contribution >= 0.6 is 0 Å². The first-order valence-corrected chi connectivity index (χ1v) is 5.63. The van der Waals surface area contributed by atoms with Gasteiger partial charge in [-0.25, -0.2) is 8.42 Å². The zero-order chi connectivity index (χ0) is 12.4. The van der Waals surface area contributed by atoms with Crippen molar-refractivity contribution >= 4 is 15.8 Å². The fourth-order valence-corrected chi connectivity index (χ4v) is 2.40. The van der Waals surface area contributed by atoms with Gasteiger partial charge in [-0.1, -0.05) is 20.3 Å². The Labute approximate surface area is 85.0 Å². The summed E-state index contributed by atoms with van der Waals surface area (Å²) in [7, 11) is -5.65. The lowest BCUT2D eigenvalue weighted by atomic mass is 10.1.